The Labute approximate surface area is 119 Å². The molecule has 0 bridgehead atoms. The number of halogens is 1. The summed E-state index contributed by atoms with van der Waals surface area (Å²) in [5.41, 5.74) is 0.346. The molecule has 1 aromatic rings. The van der Waals surface area contributed by atoms with E-state index >= 15 is 0 Å². The lowest BCUT2D eigenvalue weighted by Crippen LogP contribution is -2.63. The molecule has 2 saturated carbocycles. The van der Waals surface area contributed by atoms with Crippen LogP contribution in [0.15, 0.2) is 18.5 Å². The summed E-state index contributed by atoms with van der Waals surface area (Å²) in [7, 11) is 0. The third-order valence-corrected chi connectivity index (χ3v) is 4.93. The Morgan fingerprint density at radius 1 is 1.42 bits per heavy atom. The Morgan fingerprint density at radius 2 is 2.21 bits per heavy atom. The molecule has 1 N–H and O–H groups in total. The summed E-state index contributed by atoms with van der Waals surface area (Å²) in [4.78, 5) is 4.09. The molecule has 0 aromatic carbocycles. The molecule has 1 aromatic heterocycles. The number of nitrogens with zero attached hydrogens (tertiary/aromatic N) is 1. The van der Waals surface area contributed by atoms with Crippen LogP contribution >= 0.6 is 11.6 Å². The van der Waals surface area contributed by atoms with Gasteiger partial charge in [-0.25, -0.2) is 0 Å². The van der Waals surface area contributed by atoms with Crippen molar-refractivity contribution in [2.75, 3.05) is 6.54 Å². The van der Waals surface area contributed by atoms with Crippen molar-refractivity contribution in [3.05, 3.63) is 23.5 Å². The second-order valence-electron chi connectivity index (χ2n) is 5.73. The fraction of sp³-hybridized carbons (Fsp3) is 0.667. The van der Waals surface area contributed by atoms with Crippen molar-refractivity contribution >= 4 is 11.6 Å². The quantitative estimate of drug-likeness (QED) is 0.918. The van der Waals surface area contributed by atoms with Crippen molar-refractivity contribution in [1.29, 1.82) is 0 Å². The molecule has 3 nitrogen and oxygen atoms in total. The van der Waals surface area contributed by atoms with Crippen molar-refractivity contribution in [3.63, 3.8) is 0 Å². The first-order valence-corrected chi connectivity index (χ1v) is 7.63. The van der Waals surface area contributed by atoms with Gasteiger partial charge in [-0.1, -0.05) is 31.4 Å². The molecule has 3 rings (SSSR count). The van der Waals surface area contributed by atoms with E-state index in [2.05, 4.69) is 17.2 Å². The molecule has 4 heteroatoms. The largest absolute Gasteiger partial charge is 0.488 e. The molecule has 0 aliphatic heterocycles. The van der Waals surface area contributed by atoms with Crippen LogP contribution in [0.25, 0.3) is 0 Å². The van der Waals surface area contributed by atoms with Crippen LogP contribution in [0.5, 0.6) is 5.75 Å². The molecule has 19 heavy (non-hydrogen) atoms. The zero-order valence-electron chi connectivity index (χ0n) is 11.4. The summed E-state index contributed by atoms with van der Waals surface area (Å²) in [5, 5.41) is 4.26. The number of rotatable bonds is 4. The fourth-order valence-electron chi connectivity index (χ4n) is 3.77. The Bertz CT molecular complexity index is 446. The van der Waals surface area contributed by atoms with Crippen LogP contribution in [-0.4, -0.2) is 23.7 Å². The van der Waals surface area contributed by atoms with Crippen LogP contribution in [0.3, 0.4) is 0 Å². The lowest BCUT2D eigenvalue weighted by Gasteiger charge is -2.54. The van der Waals surface area contributed by atoms with E-state index in [1.54, 1.807) is 12.4 Å². The van der Waals surface area contributed by atoms with Gasteiger partial charge in [-0.15, -0.1) is 0 Å². The summed E-state index contributed by atoms with van der Waals surface area (Å²) in [6, 6.07) is 2.48. The minimum Gasteiger partial charge on any atom is -0.488 e. The highest BCUT2D eigenvalue weighted by molar-refractivity contribution is 6.30. The van der Waals surface area contributed by atoms with Crippen molar-refractivity contribution < 1.29 is 4.74 Å². The molecule has 1 spiro atoms. The maximum atomic E-state index is 6.16. The van der Waals surface area contributed by atoms with Gasteiger partial charge in [0, 0.05) is 30.1 Å². The summed E-state index contributed by atoms with van der Waals surface area (Å²) in [5.74, 6) is 0.804. The number of hydrogen-bond acceptors (Lipinski definition) is 3. The molecule has 0 saturated heterocycles. The zero-order chi connectivity index (χ0) is 13.3. The normalized spacial score (nSPS) is 28.3. The lowest BCUT2D eigenvalue weighted by molar-refractivity contribution is -0.0756. The summed E-state index contributed by atoms with van der Waals surface area (Å²) >= 11 is 5.96. The molecule has 0 radical (unpaired) electrons. The average molecular weight is 281 g/mol. The smallest absolute Gasteiger partial charge is 0.139 e. The van der Waals surface area contributed by atoms with Crippen molar-refractivity contribution in [2.24, 2.45) is 5.41 Å². The first-order chi connectivity index (χ1) is 9.24. The maximum Gasteiger partial charge on any atom is 0.139 e. The van der Waals surface area contributed by atoms with Crippen LogP contribution in [0.1, 0.15) is 39.0 Å². The fourth-order valence-corrected chi connectivity index (χ4v) is 3.93. The van der Waals surface area contributed by atoms with Crippen LogP contribution in [0, 0.1) is 5.41 Å². The Morgan fingerprint density at radius 3 is 2.89 bits per heavy atom. The minimum absolute atomic E-state index is 0.319. The molecule has 0 amide bonds. The van der Waals surface area contributed by atoms with Gasteiger partial charge in [-0.3, -0.25) is 4.98 Å². The Kier molecular flexibility index (Phi) is 3.68. The second kappa shape index (κ2) is 5.29. The molecule has 2 aliphatic carbocycles. The van der Waals surface area contributed by atoms with Crippen LogP contribution in [0.2, 0.25) is 5.02 Å². The molecule has 2 atom stereocenters. The van der Waals surface area contributed by atoms with Crippen LogP contribution in [-0.2, 0) is 0 Å². The van der Waals surface area contributed by atoms with E-state index in [1.807, 2.05) is 6.07 Å². The highest BCUT2D eigenvalue weighted by Crippen LogP contribution is 2.54. The molecular formula is C15H21ClN2O. The van der Waals surface area contributed by atoms with Crippen molar-refractivity contribution in [2.45, 2.75) is 51.2 Å². The van der Waals surface area contributed by atoms with Gasteiger partial charge in [0.1, 0.15) is 11.9 Å². The Hall–Kier alpha value is -0.800. The topological polar surface area (TPSA) is 34.1 Å². The molecule has 1 heterocycles. The van der Waals surface area contributed by atoms with Crippen molar-refractivity contribution in [3.8, 4) is 5.75 Å². The average Bonchev–Trinajstić information content (AvgIpc) is 2.90. The predicted octanol–water partition coefficient (Wildman–Crippen LogP) is 3.42. The minimum atomic E-state index is 0.319. The Balaban J connectivity index is 1.72. The van der Waals surface area contributed by atoms with Gasteiger partial charge in [0.25, 0.3) is 0 Å². The van der Waals surface area contributed by atoms with Gasteiger partial charge >= 0.3 is 0 Å². The van der Waals surface area contributed by atoms with Crippen molar-refractivity contribution in [1.82, 2.24) is 10.3 Å². The highest BCUT2D eigenvalue weighted by Gasteiger charge is 2.57. The van der Waals surface area contributed by atoms with E-state index in [0.717, 1.165) is 18.7 Å². The summed E-state index contributed by atoms with van der Waals surface area (Å²) in [6.45, 7) is 3.22. The van der Waals surface area contributed by atoms with Gasteiger partial charge in [0.05, 0.1) is 11.2 Å². The SMILES string of the molecule is CCNC1CC(Oc2cncc(Cl)c2)C12CCCC2. The standard InChI is InChI=1S/C15H21ClN2O/c1-2-18-13-8-14(15(13)5-3-4-6-15)19-12-7-11(16)9-17-10-12/h7,9-10,13-14,18H,2-6,8H2,1H3. The van der Waals surface area contributed by atoms with E-state index < -0.39 is 0 Å². The lowest BCUT2D eigenvalue weighted by atomic mass is 9.60. The number of aromatic nitrogens is 1. The van der Waals surface area contributed by atoms with Gasteiger partial charge in [-0.2, -0.15) is 0 Å². The number of pyridine rings is 1. The maximum absolute atomic E-state index is 6.16. The molecule has 2 fully saturated rings. The van der Waals surface area contributed by atoms with Gasteiger partial charge < -0.3 is 10.1 Å². The van der Waals surface area contributed by atoms with Gasteiger partial charge in [-0.05, 0) is 19.4 Å². The summed E-state index contributed by atoms with van der Waals surface area (Å²) < 4.78 is 6.16. The molecule has 104 valence electrons. The highest BCUT2D eigenvalue weighted by atomic mass is 35.5. The van der Waals surface area contributed by atoms with E-state index in [-0.39, 0.29) is 0 Å². The molecule has 2 aliphatic rings. The predicted molar refractivity (Wildman–Crippen MR) is 76.6 cm³/mol. The van der Waals surface area contributed by atoms with E-state index in [1.165, 1.54) is 25.7 Å². The molecular weight excluding hydrogens is 260 g/mol. The van der Waals surface area contributed by atoms with E-state index in [9.17, 15) is 0 Å². The third-order valence-electron chi connectivity index (χ3n) is 4.73. The van der Waals surface area contributed by atoms with Crippen LogP contribution < -0.4 is 10.1 Å². The van der Waals surface area contributed by atoms with Crippen LogP contribution in [0.4, 0.5) is 0 Å². The summed E-state index contributed by atoms with van der Waals surface area (Å²) in [6.07, 6.45) is 10.0. The van der Waals surface area contributed by atoms with E-state index in [4.69, 9.17) is 16.3 Å². The second-order valence-corrected chi connectivity index (χ2v) is 6.17. The van der Waals surface area contributed by atoms with Gasteiger partial charge in [0.15, 0.2) is 0 Å². The third kappa shape index (κ3) is 2.34. The number of ether oxygens (including phenoxy) is 1. The zero-order valence-corrected chi connectivity index (χ0v) is 12.1. The first kappa shape index (κ1) is 13.2. The van der Waals surface area contributed by atoms with Gasteiger partial charge in [0.2, 0.25) is 0 Å². The number of hydrogen-bond donors (Lipinski definition) is 1. The first-order valence-electron chi connectivity index (χ1n) is 7.25. The monoisotopic (exact) mass is 280 g/mol. The molecule has 2 unspecified atom stereocenters. The number of nitrogens with one attached hydrogen (secondary N) is 1. The van der Waals surface area contributed by atoms with E-state index in [0.29, 0.717) is 22.6 Å².